The third kappa shape index (κ3) is 2.64. The highest BCUT2D eigenvalue weighted by Crippen LogP contribution is 2.24. The van der Waals surface area contributed by atoms with Crippen LogP contribution < -0.4 is 4.74 Å². The van der Waals surface area contributed by atoms with Crippen LogP contribution in [0, 0.1) is 0 Å². The van der Waals surface area contributed by atoms with Gasteiger partial charge in [-0.15, -0.1) is 0 Å². The molecule has 0 spiro atoms. The van der Waals surface area contributed by atoms with Crippen LogP contribution in [0.1, 0.15) is 16.8 Å². The normalized spacial score (nSPS) is 18.3. The van der Waals surface area contributed by atoms with Gasteiger partial charge in [0.05, 0.1) is 19.3 Å². The van der Waals surface area contributed by atoms with Crippen molar-refractivity contribution < 1.29 is 23.8 Å². The van der Waals surface area contributed by atoms with Crippen molar-refractivity contribution in [3.8, 4) is 5.75 Å². The summed E-state index contributed by atoms with van der Waals surface area (Å²) in [5.74, 6) is -0.536. The van der Waals surface area contributed by atoms with Gasteiger partial charge in [-0.3, -0.25) is 0 Å². The molecule has 0 aromatic heterocycles. The largest absolute Gasteiger partial charge is 0.497 e. The Kier molecular flexibility index (Phi) is 3.86. The summed E-state index contributed by atoms with van der Waals surface area (Å²) in [5.41, 5.74) is 0.314. The highest BCUT2D eigenvalue weighted by molar-refractivity contribution is 9.10. The summed E-state index contributed by atoms with van der Waals surface area (Å²) >= 11 is 3.25. The Labute approximate surface area is 112 Å². The lowest BCUT2D eigenvalue weighted by Crippen LogP contribution is -2.22. The van der Waals surface area contributed by atoms with Crippen LogP contribution in [0.15, 0.2) is 22.7 Å². The van der Waals surface area contributed by atoms with Gasteiger partial charge in [0, 0.05) is 10.9 Å². The van der Waals surface area contributed by atoms with Crippen LogP contribution in [0.5, 0.6) is 5.75 Å². The quantitative estimate of drug-likeness (QED) is 0.798. The molecule has 0 amide bonds. The van der Waals surface area contributed by atoms with E-state index in [0.717, 1.165) is 0 Å². The van der Waals surface area contributed by atoms with Gasteiger partial charge in [0.2, 0.25) is 6.10 Å². The first-order chi connectivity index (χ1) is 8.61. The molecular weight excluding hydrogens is 304 g/mol. The van der Waals surface area contributed by atoms with E-state index in [4.69, 9.17) is 14.2 Å². The van der Waals surface area contributed by atoms with E-state index in [1.165, 1.54) is 7.11 Å². The van der Waals surface area contributed by atoms with Crippen LogP contribution in [0.4, 0.5) is 0 Å². The molecule has 5 nitrogen and oxygen atoms in total. The van der Waals surface area contributed by atoms with E-state index < -0.39 is 18.0 Å². The highest BCUT2D eigenvalue weighted by atomic mass is 79.9. The van der Waals surface area contributed by atoms with Crippen molar-refractivity contribution in [2.24, 2.45) is 0 Å². The van der Waals surface area contributed by atoms with Gasteiger partial charge in [-0.1, -0.05) is 0 Å². The van der Waals surface area contributed by atoms with Gasteiger partial charge in [-0.2, -0.15) is 0 Å². The number of carbonyl (C=O) groups excluding carboxylic acids is 2. The maximum absolute atomic E-state index is 11.9. The van der Waals surface area contributed by atoms with Crippen molar-refractivity contribution in [2.45, 2.75) is 12.5 Å². The molecule has 0 bridgehead atoms. The SMILES string of the molecule is COc1ccc(Br)c(C(=O)O[C@@H]2CCOC2=O)c1. The minimum Gasteiger partial charge on any atom is -0.497 e. The van der Waals surface area contributed by atoms with E-state index in [0.29, 0.717) is 22.2 Å². The molecule has 2 rings (SSSR count). The molecule has 1 aliphatic rings. The van der Waals surface area contributed by atoms with Crippen molar-refractivity contribution >= 4 is 27.9 Å². The van der Waals surface area contributed by atoms with Gasteiger partial charge in [-0.05, 0) is 34.1 Å². The third-order valence-electron chi connectivity index (χ3n) is 2.53. The molecule has 1 aromatic carbocycles. The van der Waals surface area contributed by atoms with Crippen molar-refractivity contribution in [2.75, 3.05) is 13.7 Å². The molecule has 96 valence electrons. The van der Waals surface area contributed by atoms with Gasteiger partial charge >= 0.3 is 11.9 Å². The molecule has 1 aromatic rings. The Morgan fingerprint density at radius 1 is 1.50 bits per heavy atom. The van der Waals surface area contributed by atoms with E-state index in [1.807, 2.05) is 0 Å². The number of methoxy groups -OCH3 is 1. The molecule has 1 heterocycles. The summed E-state index contributed by atoms with van der Waals surface area (Å²) in [6.45, 7) is 0.288. The second kappa shape index (κ2) is 5.39. The highest BCUT2D eigenvalue weighted by Gasteiger charge is 2.31. The number of cyclic esters (lactones) is 1. The number of carbonyl (C=O) groups is 2. The van der Waals surface area contributed by atoms with Crippen molar-refractivity contribution in [3.63, 3.8) is 0 Å². The number of hydrogen-bond donors (Lipinski definition) is 0. The maximum atomic E-state index is 11.9. The lowest BCUT2D eigenvalue weighted by atomic mass is 10.2. The Balaban J connectivity index is 2.15. The fourth-order valence-corrected chi connectivity index (χ4v) is 1.97. The lowest BCUT2D eigenvalue weighted by molar-refractivity contribution is -0.145. The van der Waals surface area contributed by atoms with Crippen LogP contribution in [0.2, 0.25) is 0 Å². The van der Waals surface area contributed by atoms with Crippen molar-refractivity contribution in [3.05, 3.63) is 28.2 Å². The van der Waals surface area contributed by atoms with Crippen LogP contribution >= 0.6 is 15.9 Å². The Morgan fingerprint density at radius 2 is 2.28 bits per heavy atom. The third-order valence-corrected chi connectivity index (χ3v) is 3.22. The van der Waals surface area contributed by atoms with Gasteiger partial charge < -0.3 is 14.2 Å². The number of rotatable bonds is 3. The number of ether oxygens (including phenoxy) is 3. The molecule has 0 saturated carbocycles. The van der Waals surface area contributed by atoms with Crippen LogP contribution in [-0.4, -0.2) is 31.8 Å². The van der Waals surface area contributed by atoms with E-state index in [1.54, 1.807) is 18.2 Å². The number of esters is 2. The molecule has 6 heteroatoms. The molecule has 1 fully saturated rings. The summed E-state index contributed by atoms with van der Waals surface area (Å²) in [7, 11) is 1.51. The maximum Gasteiger partial charge on any atom is 0.347 e. The zero-order chi connectivity index (χ0) is 13.1. The van der Waals surface area contributed by atoms with Gasteiger partial charge in [0.1, 0.15) is 5.75 Å². The lowest BCUT2D eigenvalue weighted by Gasteiger charge is -2.10. The van der Waals surface area contributed by atoms with E-state index >= 15 is 0 Å². The first-order valence-corrected chi connectivity index (χ1v) is 6.12. The average molecular weight is 315 g/mol. The Bertz CT molecular complexity index is 485. The predicted molar refractivity (Wildman–Crippen MR) is 65.5 cm³/mol. The molecule has 0 aliphatic carbocycles. The summed E-state index contributed by atoms with van der Waals surface area (Å²) in [6, 6.07) is 4.94. The molecule has 0 unspecified atom stereocenters. The van der Waals surface area contributed by atoms with Crippen molar-refractivity contribution in [1.82, 2.24) is 0 Å². The molecule has 0 radical (unpaired) electrons. The Morgan fingerprint density at radius 3 is 2.89 bits per heavy atom. The minimum atomic E-state index is -0.810. The van der Waals surface area contributed by atoms with Gasteiger partial charge in [-0.25, -0.2) is 9.59 Å². The molecule has 18 heavy (non-hydrogen) atoms. The summed E-state index contributed by atoms with van der Waals surface area (Å²) < 4.78 is 15.4. The first kappa shape index (κ1) is 12.9. The van der Waals surface area contributed by atoms with Gasteiger partial charge in [0.15, 0.2) is 0 Å². The molecule has 0 N–H and O–H groups in total. The zero-order valence-electron chi connectivity index (χ0n) is 9.64. The minimum absolute atomic E-state index is 0.288. The number of hydrogen-bond acceptors (Lipinski definition) is 5. The molecule has 1 aliphatic heterocycles. The monoisotopic (exact) mass is 314 g/mol. The van der Waals surface area contributed by atoms with Crippen LogP contribution in [-0.2, 0) is 14.3 Å². The summed E-state index contributed by atoms with van der Waals surface area (Å²) in [5, 5.41) is 0. The van der Waals surface area contributed by atoms with Crippen LogP contribution in [0.25, 0.3) is 0 Å². The van der Waals surface area contributed by atoms with Gasteiger partial charge in [0.25, 0.3) is 0 Å². The number of benzene rings is 1. The van der Waals surface area contributed by atoms with Crippen molar-refractivity contribution in [1.29, 1.82) is 0 Å². The fourth-order valence-electron chi connectivity index (χ4n) is 1.56. The fraction of sp³-hybridized carbons (Fsp3) is 0.333. The number of halogens is 1. The zero-order valence-corrected chi connectivity index (χ0v) is 11.2. The predicted octanol–water partition coefficient (Wildman–Crippen LogP) is 1.93. The molecule has 1 atom stereocenters. The summed E-state index contributed by atoms with van der Waals surface area (Å²) in [6.07, 6.45) is -0.415. The second-order valence-corrected chi connectivity index (χ2v) is 4.55. The van der Waals surface area contributed by atoms with Crippen LogP contribution in [0.3, 0.4) is 0 Å². The Hall–Kier alpha value is -1.56. The van der Waals surface area contributed by atoms with E-state index in [2.05, 4.69) is 15.9 Å². The molecular formula is C12H11BrO5. The summed E-state index contributed by atoms with van der Waals surface area (Å²) in [4.78, 5) is 23.1. The standard InChI is InChI=1S/C12H11BrO5/c1-16-7-2-3-9(13)8(6-7)11(14)18-10-4-5-17-12(10)15/h2-3,6,10H,4-5H2,1H3/t10-/m1/s1. The first-order valence-electron chi connectivity index (χ1n) is 5.33. The second-order valence-electron chi connectivity index (χ2n) is 3.70. The van der Waals surface area contributed by atoms with E-state index in [9.17, 15) is 9.59 Å². The topological polar surface area (TPSA) is 61.8 Å². The van der Waals surface area contributed by atoms with E-state index in [-0.39, 0.29) is 6.61 Å². The molecule has 1 saturated heterocycles. The average Bonchev–Trinajstić information content (AvgIpc) is 2.75. The smallest absolute Gasteiger partial charge is 0.347 e.